The summed E-state index contributed by atoms with van der Waals surface area (Å²) in [5.41, 5.74) is -0.0429. The molecule has 0 N–H and O–H groups in total. The monoisotopic (exact) mass is 524 g/mol. The minimum Gasteiger partial charge on any atom is -0.867 e. The third kappa shape index (κ3) is 4.58. The average molecular weight is 525 g/mol. The van der Waals surface area contributed by atoms with Gasteiger partial charge in [0, 0.05) is 6.07 Å². The summed E-state index contributed by atoms with van der Waals surface area (Å²) in [6.07, 6.45) is 1.30. The van der Waals surface area contributed by atoms with Gasteiger partial charge in [-0.3, -0.25) is 19.5 Å². The lowest BCUT2D eigenvalue weighted by molar-refractivity contribution is -0.398. The maximum Gasteiger partial charge on any atom is 0.338 e. The number of methoxy groups -OCH3 is 2. The van der Waals surface area contributed by atoms with Crippen LogP contribution in [0.2, 0.25) is 0 Å². The minimum absolute atomic E-state index is 0.0107. The molecule has 11 nitrogen and oxygen atoms in total. The van der Waals surface area contributed by atoms with Crippen LogP contribution in [-0.2, 0) is 9.53 Å². The maximum absolute atomic E-state index is 13.7. The van der Waals surface area contributed by atoms with E-state index in [1.807, 2.05) is 0 Å². The molecule has 2 aromatic carbocycles. The zero-order valence-electron chi connectivity index (χ0n) is 20.3. The van der Waals surface area contributed by atoms with E-state index in [9.17, 15) is 24.8 Å². The number of hydrogen-bond acceptors (Lipinski definition) is 10. The molecule has 37 heavy (non-hydrogen) atoms. The number of allylic oxidation sites excluding steroid dienone is 1. The molecule has 0 spiro atoms. The smallest absolute Gasteiger partial charge is 0.338 e. The average Bonchev–Trinajstić information content (AvgIpc) is 3.18. The number of aromatic nitrogens is 1. The highest BCUT2D eigenvalue weighted by molar-refractivity contribution is 7.07. The third-order valence-electron chi connectivity index (χ3n) is 5.75. The van der Waals surface area contributed by atoms with Gasteiger partial charge in [-0.1, -0.05) is 29.5 Å². The van der Waals surface area contributed by atoms with Crippen molar-refractivity contribution in [3.8, 4) is 17.2 Å². The van der Waals surface area contributed by atoms with E-state index in [2.05, 4.69) is 4.99 Å². The second-order valence-corrected chi connectivity index (χ2v) is 8.88. The number of nitro benzene ring substituents is 1. The normalized spacial score (nSPS) is 15.1. The van der Waals surface area contributed by atoms with Gasteiger partial charge in [0.1, 0.15) is 0 Å². The molecule has 0 saturated heterocycles. The summed E-state index contributed by atoms with van der Waals surface area (Å²) >= 11 is 1.00. The molecule has 0 fully saturated rings. The first-order valence-electron chi connectivity index (χ1n) is 11.1. The van der Waals surface area contributed by atoms with Gasteiger partial charge in [-0.25, -0.2) is 9.79 Å². The highest BCUT2D eigenvalue weighted by Gasteiger charge is 2.34. The lowest BCUT2D eigenvalue weighted by atomic mass is 9.95. The summed E-state index contributed by atoms with van der Waals surface area (Å²) in [6, 6.07) is 8.00. The Morgan fingerprint density at radius 2 is 1.95 bits per heavy atom. The lowest BCUT2D eigenvalue weighted by Gasteiger charge is -2.25. The minimum atomic E-state index is -0.908. The standard InChI is InChI=1S/C25H23N3O8S/c1-5-36-24(31)20-13(2)26-25-27(21(20)14-9-10-17(34-3)18(11-14)35-4)23(30)19(37-25)12-15-7-6-8-16(22(15)29)28(32)33/h6-12,21,29H,5H2,1-4H3/p-1/b19-12+/t21-/m0/s1. The Kier molecular flexibility index (Phi) is 7.11. The Balaban J connectivity index is 1.99. The molecule has 1 aromatic heterocycles. The molecule has 1 aliphatic rings. The fourth-order valence-electron chi connectivity index (χ4n) is 4.07. The van der Waals surface area contributed by atoms with Crippen LogP contribution >= 0.6 is 11.3 Å². The van der Waals surface area contributed by atoms with E-state index < -0.39 is 33.9 Å². The summed E-state index contributed by atoms with van der Waals surface area (Å²) in [7, 11) is 2.97. The molecule has 0 radical (unpaired) electrons. The van der Waals surface area contributed by atoms with Crippen molar-refractivity contribution in [3.05, 3.63) is 88.6 Å². The number of para-hydroxylation sites is 1. The first kappa shape index (κ1) is 25.6. The van der Waals surface area contributed by atoms with Gasteiger partial charge < -0.3 is 19.3 Å². The molecule has 0 saturated carbocycles. The molecule has 192 valence electrons. The fourth-order valence-corrected chi connectivity index (χ4v) is 5.11. The molecule has 0 aliphatic carbocycles. The maximum atomic E-state index is 13.7. The Hall–Kier alpha value is -4.45. The first-order valence-corrected chi connectivity index (χ1v) is 11.9. The Labute approximate surface area is 214 Å². The van der Waals surface area contributed by atoms with E-state index in [1.54, 1.807) is 32.0 Å². The van der Waals surface area contributed by atoms with Crippen LogP contribution in [0.4, 0.5) is 5.69 Å². The van der Waals surface area contributed by atoms with Crippen molar-refractivity contribution in [2.75, 3.05) is 20.8 Å². The van der Waals surface area contributed by atoms with E-state index in [-0.39, 0.29) is 22.3 Å². The molecule has 0 unspecified atom stereocenters. The Morgan fingerprint density at radius 3 is 2.59 bits per heavy atom. The number of nitrogens with zero attached hydrogens (tertiary/aromatic N) is 3. The van der Waals surface area contributed by atoms with E-state index in [0.717, 1.165) is 17.4 Å². The fraction of sp³-hybridized carbons (Fsp3) is 0.240. The lowest BCUT2D eigenvalue weighted by Crippen LogP contribution is -2.40. The van der Waals surface area contributed by atoms with Crippen LogP contribution in [0.1, 0.15) is 31.0 Å². The van der Waals surface area contributed by atoms with Crippen LogP contribution < -0.4 is 29.5 Å². The van der Waals surface area contributed by atoms with Crippen molar-refractivity contribution in [2.24, 2.45) is 4.99 Å². The number of hydrogen-bond donors (Lipinski definition) is 0. The topological polar surface area (TPSA) is 145 Å². The summed E-state index contributed by atoms with van der Waals surface area (Å²) in [4.78, 5) is 41.8. The van der Waals surface area contributed by atoms with Crippen molar-refractivity contribution in [1.82, 2.24) is 4.57 Å². The van der Waals surface area contributed by atoms with Crippen molar-refractivity contribution >= 4 is 29.1 Å². The number of ether oxygens (including phenoxy) is 3. The zero-order valence-corrected chi connectivity index (χ0v) is 21.2. The van der Waals surface area contributed by atoms with Crippen LogP contribution in [0, 0.1) is 10.1 Å². The highest BCUT2D eigenvalue weighted by Crippen LogP contribution is 2.36. The highest BCUT2D eigenvalue weighted by atomic mass is 32.1. The molecule has 12 heteroatoms. The summed E-state index contributed by atoms with van der Waals surface area (Å²) in [6.45, 7) is 3.44. The van der Waals surface area contributed by atoms with Crippen molar-refractivity contribution in [1.29, 1.82) is 0 Å². The van der Waals surface area contributed by atoms with Crippen LogP contribution in [-0.4, -0.2) is 36.3 Å². The molecule has 1 aliphatic heterocycles. The van der Waals surface area contributed by atoms with E-state index in [4.69, 9.17) is 14.2 Å². The molecular formula is C25H22N3O8S-. The Morgan fingerprint density at radius 1 is 1.22 bits per heavy atom. The predicted molar refractivity (Wildman–Crippen MR) is 132 cm³/mol. The van der Waals surface area contributed by atoms with Gasteiger partial charge in [-0.2, -0.15) is 0 Å². The number of thiazole rings is 1. The van der Waals surface area contributed by atoms with E-state index in [0.29, 0.717) is 27.6 Å². The number of rotatable bonds is 7. The van der Waals surface area contributed by atoms with Crippen LogP contribution in [0.3, 0.4) is 0 Å². The van der Waals surface area contributed by atoms with E-state index in [1.165, 1.54) is 37.0 Å². The van der Waals surface area contributed by atoms with Crippen molar-refractivity contribution < 1.29 is 29.0 Å². The van der Waals surface area contributed by atoms with Gasteiger partial charge >= 0.3 is 5.97 Å². The molecule has 0 bridgehead atoms. The van der Waals surface area contributed by atoms with Gasteiger partial charge in [0.25, 0.3) is 11.2 Å². The number of benzene rings is 2. The largest absolute Gasteiger partial charge is 0.867 e. The number of esters is 1. The quantitative estimate of drug-likeness (QED) is 0.258. The zero-order chi connectivity index (χ0) is 26.9. The third-order valence-corrected chi connectivity index (χ3v) is 6.73. The first-order chi connectivity index (χ1) is 17.7. The molecule has 0 amide bonds. The van der Waals surface area contributed by atoms with Gasteiger partial charge in [-0.15, -0.1) is 0 Å². The SMILES string of the molecule is CCOC(=O)C1=C(C)N=c2s/c(=C/c3cccc([N+](=O)[O-])c3[O-])c(=O)n2[C@H]1c1ccc(OC)c(OC)c1. The molecule has 1 atom stereocenters. The van der Waals surface area contributed by atoms with Crippen LogP contribution in [0.15, 0.2) is 57.5 Å². The molecular weight excluding hydrogens is 502 g/mol. The van der Waals surface area contributed by atoms with Crippen molar-refractivity contribution in [2.45, 2.75) is 19.9 Å². The van der Waals surface area contributed by atoms with Gasteiger partial charge in [-0.05, 0) is 48.9 Å². The molecule has 2 heterocycles. The number of carbonyl (C=O) groups is 1. The molecule has 3 aromatic rings. The second kappa shape index (κ2) is 10.3. The molecule has 4 rings (SSSR count). The second-order valence-electron chi connectivity index (χ2n) is 7.87. The summed E-state index contributed by atoms with van der Waals surface area (Å²) < 4.78 is 17.5. The summed E-state index contributed by atoms with van der Waals surface area (Å²) in [5, 5.41) is 23.7. The summed E-state index contributed by atoms with van der Waals surface area (Å²) in [5.74, 6) is -0.574. The van der Waals surface area contributed by atoms with Gasteiger partial charge in [0.2, 0.25) is 0 Å². The predicted octanol–water partition coefficient (Wildman–Crippen LogP) is 1.80. The van der Waals surface area contributed by atoms with Crippen LogP contribution in [0.25, 0.3) is 6.08 Å². The number of fused-ring (bicyclic) bond motifs is 1. The number of nitro groups is 1. The van der Waals surface area contributed by atoms with Crippen molar-refractivity contribution in [3.63, 3.8) is 0 Å². The Bertz CT molecular complexity index is 1620. The van der Waals surface area contributed by atoms with E-state index >= 15 is 0 Å². The van der Waals surface area contributed by atoms with Gasteiger partial charge in [0.05, 0.1) is 47.6 Å². The number of carbonyl (C=O) groups excluding carboxylic acids is 1. The van der Waals surface area contributed by atoms with Crippen LogP contribution in [0.5, 0.6) is 17.2 Å². The van der Waals surface area contributed by atoms with Gasteiger partial charge in [0.15, 0.2) is 16.3 Å².